The summed E-state index contributed by atoms with van der Waals surface area (Å²) in [5.41, 5.74) is 2.51. The average Bonchev–Trinajstić information content (AvgIpc) is 1.82. The third kappa shape index (κ3) is 4.37. The standard InChI is InChI=1S/C10H18/c1-8(2)6-7-10(5)9(3)4/h7-8H,3,6H2,1-2,4-5H3/b10-7+. The molecule has 0 aromatic rings. The molecule has 0 N–H and O–H groups in total. The van der Waals surface area contributed by atoms with Gasteiger partial charge in [-0.3, -0.25) is 0 Å². The third-order valence-corrected chi connectivity index (χ3v) is 1.57. The minimum Gasteiger partial charge on any atom is -0.0959 e. The van der Waals surface area contributed by atoms with Crippen LogP contribution in [-0.2, 0) is 0 Å². The van der Waals surface area contributed by atoms with E-state index in [1.807, 2.05) is 6.92 Å². The zero-order chi connectivity index (χ0) is 8.15. The number of hydrogen-bond acceptors (Lipinski definition) is 0. The predicted octanol–water partition coefficient (Wildman–Crippen LogP) is 3.55. The Balaban J connectivity index is 3.81. The maximum atomic E-state index is 3.86. The van der Waals surface area contributed by atoms with E-state index in [0.29, 0.717) is 0 Å². The van der Waals surface area contributed by atoms with Crippen molar-refractivity contribution in [3.63, 3.8) is 0 Å². The highest BCUT2D eigenvalue weighted by atomic mass is 14.0. The molecule has 0 heteroatoms. The van der Waals surface area contributed by atoms with Gasteiger partial charge in [-0.2, -0.15) is 0 Å². The van der Waals surface area contributed by atoms with Gasteiger partial charge < -0.3 is 0 Å². The summed E-state index contributed by atoms with van der Waals surface area (Å²) in [4.78, 5) is 0. The Hall–Kier alpha value is -0.520. The minimum atomic E-state index is 0.759. The molecule has 0 aliphatic heterocycles. The molecule has 0 heterocycles. The lowest BCUT2D eigenvalue weighted by molar-refractivity contribution is 0.661. The van der Waals surface area contributed by atoms with Gasteiger partial charge in [0.15, 0.2) is 0 Å². The fourth-order valence-corrected chi connectivity index (χ4v) is 0.587. The van der Waals surface area contributed by atoms with E-state index in [9.17, 15) is 0 Å². The number of allylic oxidation sites excluding steroid dienone is 3. The SMILES string of the molecule is C=C(C)/C(C)=C/CC(C)C. The Bertz CT molecular complexity index is 138. The lowest BCUT2D eigenvalue weighted by Crippen LogP contribution is -1.84. The van der Waals surface area contributed by atoms with Gasteiger partial charge in [-0.25, -0.2) is 0 Å². The summed E-state index contributed by atoms with van der Waals surface area (Å²) in [5.74, 6) is 0.759. The van der Waals surface area contributed by atoms with Crippen molar-refractivity contribution in [1.82, 2.24) is 0 Å². The first-order chi connectivity index (χ1) is 4.54. The van der Waals surface area contributed by atoms with Crippen molar-refractivity contribution in [2.24, 2.45) is 5.92 Å². The van der Waals surface area contributed by atoms with Gasteiger partial charge in [0.25, 0.3) is 0 Å². The Kier molecular flexibility index (Phi) is 4.10. The van der Waals surface area contributed by atoms with Crippen LogP contribution in [0, 0.1) is 5.92 Å². The van der Waals surface area contributed by atoms with Crippen molar-refractivity contribution in [2.45, 2.75) is 34.1 Å². The van der Waals surface area contributed by atoms with Crippen molar-refractivity contribution in [3.8, 4) is 0 Å². The molecule has 0 bridgehead atoms. The Morgan fingerprint density at radius 2 is 1.90 bits per heavy atom. The topological polar surface area (TPSA) is 0 Å². The highest BCUT2D eigenvalue weighted by molar-refractivity contribution is 5.23. The first-order valence-corrected chi connectivity index (χ1v) is 3.86. The summed E-state index contributed by atoms with van der Waals surface area (Å²) in [5, 5.41) is 0. The quantitative estimate of drug-likeness (QED) is 0.523. The van der Waals surface area contributed by atoms with Crippen LogP contribution in [0.5, 0.6) is 0 Å². The van der Waals surface area contributed by atoms with Crippen LogP contribution in [-0.4, -0.2) is 0 Å². The zero-order valence-electron chi connectivity index (χ0n) is 7.57. The van der Waals surface area contributed by atoms with Crippen LogP contribution in [0.1, 0.15) is 34.1 Å². The third-order valence-electron chi connectivity index (χ3n) is 1.57. The van der Waals surface area contributed by atoms with Gasteiger partial charge in [-0.15, -0.1) is 0 Å². The van der Waals surface area contributed by atoms with Crippen LogP contribution >= 0.6 is 0 Å². The van der Waals surface area contributed by atoms with Crippen LogP contribution in [0.2, 0.25) is 0 Å². The van der Waals surface area contributed by atoms with E-state index in [1.165, 1.54) is 17.6 Å². The molecule has 0 amide bonds. The molecule has 0 aliphatic rings. The summed E-state index contributed by atoms with van der Waals surface area (Å²) < 4.78 is 0. The van der Waals surface area contributed by atoms with Crippen molar-refractivity contribution in [1.29, 1.82) is 0 Å². The predicted molar refractivity (Wildman–Crippen MR) is 48.0 cm³/mol. The highest BCUT2D eigenvalue weighted by Gasteiger charge is 1.91. The first kappa shape index (κ1) is 9.48. The molecule has 0 aromatic heterocycles. The Morgan fingerprint density at radius 1 is 1.40 bits per heavy atom. The van der Waals surface area contributed by atoms with Gasteiger partial charge in [-0.1, -0.05) is 37.6 Å². The first-order valence-electron chi connectivity index (χ1n) is 3.86. The molecular weight excluding hydrogens is 120 g/mol. The summed E-state index contributed by atoms with van der Waals surface area (Å²) in [6.45, 7) is 12.5. The lowest BCUT2D eigenvalue weighted by Gasteiger charge is -2.01. The Labute approximate surface area is 64.6 Å². The normalized spacial score (nSPS) is 12.3. The minimum absolute atomic E-state index is 0.759. The molecule has 0 spiro atoms. The molecule has 0 nitrogen and oxygen atoms in total. The smallest absolute Gasteiger partial charge is 0.0322 e. The van der Waals surface area contributed by atoms with E-state index in [4.69, 9.17) is 0 Å². The van der Waals surface area contributed by atoms with E-state index in [2.05, 4.69) is 33.4 Å². The highest BCUT2D eigenvalue weighted by Crippen LogP contribution is 2.09. The van der Waals surface area contributed by atoms with Gasteiger partial charge in [0.05, 0.1) is 0 Å². The number of rotatable bonds is 3. The molecule has 0 aliphatic carbocycles. The second-order valence-electron chi connectivity index (χ2n) is 3.30. The summed E-state index contributed by atoms with van der Waals surface area (Å²) >= 11 is 0. The molecule has 0 unspecified atom stereocenters. The van der Waals surface area contributed by atoms with E-state index in [1.54, 1.807) is 0 Å². The molecule has 0 fully saturated rings. The molecule has 58 valence electrons. The van der Waals surface area contributed by atoms with Crippen LogP contribution in [0.15, 0.2) is 23.8 Å². The van der Waals surface area contributed by atoms with Crippen molar-refractivity contribution >= 4 is 0 Å². The molecule has 0 aromatic carbocycles. The van der Waals surface area contributed by atoms with Crippen LogP contribution < -0.4 is 0 Å². The van der Waals surface area contributed by atoms with E-state index < -0.39 is 0 Å². The maximum absolute atomic E-state index is 3.86. The molecule has 0 saturated heterocycles. The van der Waals surface area contributed by atoms with Crippen molar-refractivity contribution in [2.75, 3.05) is 0 Å². The fourth-order valence-electron chi connectivity index (χ4n) is 0.587. The molecule has 0 rings (SSSR count). The zero-order valence-corrected chi connectivity index (χ0v) is 7.57. The van der Waals surface area contributed by atoms with Gasteiger partial charge in [0.1, 0.15) is 0 Å². The van der Waals surface area contributed by atoms with Crippen molar-refractivity contribution in [3.05, 3.63) is 23.8 Å². The van der Waals surface area contributed by atoms with Crippen LogP contribution in [0.4, 0.5) is 0 Å². The van der Waals surface area contributed by atoms with Gasteiger partial charge in [-0.05, 0) is 26.2 Å². The number of hydrogen-bond donors (Lipinski definition) is 0. The van der Waals surface area contributed by atoms with Crippen LogP contribution in [0.25, 0.3) is 0 Å². The molecule has 0 saturated carbocycles. The molecule has 10 heavy (non-hydrogen) atoms. The average molecular weight is 138 g/mol. The lowest BCUT2D eigenvalue weighted by atomic mass is 10.1. The van der Waals surface area contributed by atoms with Gasteiger partial charge in [0.2, 0.25) is 0 Å². The maximum Gasteiger partial charge on any atom is -0.0322 e. The largest absolute Gasteiger partial charge is 0.0959 e. The van der Waals surface area contributed by atoms with E-state index >= 15 is 0 Å². The second-order valence-corrected chi connectivity index (χ2v) is 3.30. The molecule has 0 atom stereocenters. The van der Waals surface area contributed by atoms with E-state index in [0.717, 1.165) is 5.92 Å². The summed E-state index contributed by atoms with van der Waals surface area (Å²) in [7, 11) is 0. The molecular formula is C10H18. The van der Waals surface area contributed by atoms with Crippen LogP contribution in [0.3, 0.4) is 0 Å². The monoisotopic (exact) mass is 138 g/mol. The van der Waals surface area contributed by atoms with Gasteiger partial charge >= 0.3 is 0 Å². The van der Waals surface area contributed by atoms with Gasteiger partial charge in [0, 0.05) is 0 Å². The van der Waals surface area contributed by atoms with E-state index in [-0.39, 0.29) is 0 Å². The fraction of sp³-hybridized carbons (Fsp3) is 0.600. The summed E-state index contributed by atoms with van der Waals surface area (Å²) in [6, 6.07) is 0. The molecule has 0 radical (unpaired) electrons. The van der Waals surface area contributed by atoms with Crippen molar-refractivity contribution < 1.29 is 0 Å². The summed E-state index contributed by atoms with van der Waals surface area (Å²) in [6.07, 6.45) is 3.42. The second kappa shape index (κ2) is 4.32. The Morgan fingerprint density at radius 3 is 2.20 bits per heavy atom.